The highest BCUT2D eigenvalue weighted by molar-refractivity contribution is 5.91. The van der Waals surface area contributed by atoms with Gasteiger partial charge in [0.1, 0.15) is 24.2 Å². The van der Waals surface area contributed by atoms with E-state index in [1.807, 2.05) is 38.1 Å². The second-order valence-electron chi connectivity index (χ2n) is 5.40. The number of nitrogens with one attached hydrogen (secondary N) is 1. The molecule has 7 heteroatoms. The van der Waals surface area contributed by atoms with Crippen molar-refractivity contribution in [3.63, 3.8) is 0 Å². The number of pyridine rings is 1. The molecule has 0 saturated carbocycles. The van der Waals surface area contributed by atoms with Gasteiger partial charge in [0.25, 0.3) is 5.91 Å². The maximum Gasteiger partial charge on any atom is 0.263 e. The minimum atomic E-state index is -0.275. The molecule has 0 radical (unpaired) electrons. The van der Waals surface area contributed by atoms with Gasteiger partial charge in [0, 0.05) is 6.20 Å². The first-order chi connectivity index (χ1) is 11.6. The third-order valence-corrected chi connectivity index (χ3v) is 3.35. The van der Waals surface area contributed by atoms with Crippen LogP contribution >= 0.6 is 0 Å². The molecule has 2 aromatic heterocycles. The van der Waals surface area contributed by atoms with Gasteiger partial charge >= 0.3 is 0 Å². The molecule has 3 rings (SSSR count). The summed E-state index contributed by atoms with van der Waals surface area (Å²) in [4.78, 5) is 16.2. The van der Waals surface area contributed by atoms with E-state index in [1.165, 1.54) is 0 Å². The number of aromatic nitrogens is 4. The smallest absolute Gasteiger partial charge is 0.263 e. The number of nitrogens with zero attached hydrogens (tertiary/aromatic N) is 4. The quantitative estimate of drug-likeness (QED) is 0.779. The summed E-state index contributed by atoms with van der Waals surface area (Å²) < 4.78 is 7.40. The highest BCUT2D eigenvalue weighted by Crippen LogP contribution is 2.23. The molecule has 122 valence electrons. The molecular formula is C17H17N5O2. The predicted molar refractivity (Wildman–Crippen MR) is 89.2 cm³/mol. The molecular weight excluding hydrogens is 306 g/mol. The van der Waals surface area contributed by atoms with Crippen LogP contribution in [0.5, 0.6) is 5.75 Å². The largest absolute Gasteiger partial charge is 0.482 e. The molecule has 1 aromatic carbocycles. The van der Waals surface area contributed by atoms with Crippen molar-refractivity contribution in [2.75, 3.05) is 11.9 Å². The van der Waals surface area contributed by atoms with Crippen molar-refractivity contribution in [3.05, 3.63) is 60.3 Å². The lowest BCUT2D eigenvalue weighted by atomic mass is 10.2. The second-order valence-corrected chi connectivity index (χ2v) is 5.40. The fourth-order valence-electron chi connectivity index (χ4n) is 2.20. The van der Waals surface area contributed by atoms with Crippen molar-refractivity contribution in [3.8, 4) is 11.4 Å². The van der Waals surface area contributed by atoms with Gasteiger partial charge in [-0.05, 0) is 49.2 Å². The van der Waals surface area contributed by atoms with E-state index < -0.39 is 0 Å². The van der Waals surface area contributed by atoms with E-state index in [0.717, 1.165) is 16.8 Å². The van der Waals surface area contributed by atoms with Gasteiger partial charge in [-0.3, -0.25) is 9.36 Å². The van der Waals surface area contributed by atoms with E-state index in [9.17, 15) is 4.79 Å². The number of carbonyl (C=O) groups excluding carboxylic acids is 1. The van der Waals surface area contributed by atoms with Crippen LogP contribution in [0.1, 0.15) is 11.1 Å². The maximum absolute atomic E-state index is 12.1. The zero-order valence-electron chi connectivity index (χ0n) is 13.4. The van der Waals surface area contributed by atoms with Crippen molar-refractivity contribution in [2.45, 2.75) is 13.8 Å². The Bertz CT molecular complexity index is 846. The first-order valence-corrected chi connectivity index (χ1v) is 7.43. The van der Waals surface area contributed by atoms with Crippen molar-refractivity contribution >= 4 is 11.7 Å². The van der Waals surface area contributed by atoms with E-state index in [1.54, 1.807) is 29.5 Å². The molecule has 24 heavy (non-hydrogen) atoms. The summed E-state index contributed by atoms with van der Waals surface area (Å²) in [6, 6.07) is 9.35. The zero-order chi connectivity index (χ0) is 16.9. The number of amides is 1. The number of ether oxygens (including phenoxy) is 1. The number of hydrogen-bond acceptors (Lipinski definition) is 5. The van der Waals surface area contributed by atoms with Crippen molar-refractivity contribution in [2.24, 2.45) is 0 Å². The molecule has 0 aliphatic heterocycles. The first-order valence-electron chi connectivity index (χ1n) is 7.43. The van der Waals surface area contributed by atoms with Crippen LogP contribution in [-0.2, 0) is 4.79 Å². The molecule has 0 atom stereocenters. The van der Waals surface area contributed by atoms with Crippen LogP contribution in [0.3, 0.4) is 0 Å². The third kappa shape index (κ3) is 3.75. The number of anilines is 1. The summed E-state index contributed by atoms with van der Waals surface area (Å²) in [7, 11) is 0. The van der Waals surface area contributed by atoms with Gasteiger partial charge in [-0.2, -0.15) is 0 Å². The Balaban J connectivity index is 1.69. The summed E-state index contributed by atoms with van der Waals surface area (Å²) in [5, 5.41) is 10.3. The van der Waals surface area contributed by atoms with Gasteiger partial charge in [0.15, 0.2) is 6.61 Å². The minimum Gasteiger partial charge on any atom is -0.482 e. The highest BCUT2D eigenvalue weighted by atomic mass is 16.5. The lowest BCUT2D eigenvalue weighted by Crippen LogP contribution is -2.21. The van der Waals surface area contributed by atoms with Crippen LogP contribution < -0.4 is 10.1 Å². The van der Waals surface area contributed by atoms with Gasteiger partial charge in [-0.25, -0.2) is 4.98 Å². The minimum absolute atomic E-state index is 0.117. The SMILES string of the molecule is Cc1ccnc(NC(=O)COc2ccc(C)cc2-n2cnnc2)c1. The summed E-state index contributed by atoms with van der Waals surface area (Å²) >= 11 is 0. The lowest BCUT2D eigenvalue weighted by Gasteiger charge is -2.12. The molecule has 1 amide bonds. The van der Waals surface area contributed by atoms with Gasteiger partial charge < -0.3 is 10.1 Å². The summed E-state index contributed by atoms with van der Waals surface area (Å²) in [5.41, 5.74) is 2.87. The van der Waals surface area contributed by atoms with Crippen molar-refractivity contribution < 1.29 is 9.53 Å². The van der Waals surface area contributed by atoms with E-state index in [-0.39, 0.29) is 12.5 Å². The summed E-state index contributed by atoms with van der Waals surface area (Å²) in [5.74, 6) is 0.808. The predicted octanol–water partition coefficient (Wildman–Crippen LogP) is 2.30. The number of hydrogen-bond donors (Lipinski definition) is 1. The molecule has 0 unspecified atom stereocenters. The first kappa shape index (κ1) is 15.7. The van der Waals surface area contributed by atoms with Crippen LogP contribution in [0.2, 0.25) is 0 Å². The van der Waals surface area contributed by atoms with Crippen LogP contribution in [-0.4, -0.2) is 32.3 Å². The number of aryl methyl sites for hydroxylation is 2. The van der Waals surface area contributed by atoms with E-state index in [2.05, 4.69) is 20.5 Å². The van der Waals surface area contributed by atoms with E-state index in [4.69, 9.17) is 4.74 Å². The molecule has 3 aromatic rings. The Kier molecular flexibility index (Phi) is 4.51. The molecule has 0 saturated heterocycles. The van der Waals surface area contributed by atoms with Crippen LogP contribution in [0.4, 0.5) is 5.82 Å². The number of carbonyl (C=O) groups is 1. The van der Waals surface area contributed by atoms with E-state index in [0.29, 0.717) is 11.6 Å². The highest BCUT2D eigenvalue weighted by Gasteiger charge is 2.10. The molecule has 7 nitrogen and oxygen atoms in total. The van der Waals surface area contributed by atoms with E-state index >= 15 is 0 Å². The van der Waals surface area contributed by atoms with Gasteiger partial charge in [-0.1, -0.05) is 6.07 Å². The Morgan fingerprint density at radius 2 is 1.88 bits per heavy atom. The monoisotopic (exact) mass is 323 g/mol. The van der Waals surface area contributed by atoms with Crippen LogP contribution in [0.25, 0.3) is 5.69 Å². The molecule has 0 bridgehead atoms. The van der Waals surface area contributed by atoms with Crippen LogP contribution in [0.15, 0.2) is 49.2 Å². The molecule has 0 aliphatic carbocycles. The second kappa shape index (κ2) is 6.91. The van der Waals surface area contributed by atoms with Crippen molar-refractivity contribution in [1.29, 1.82) is 0 Å². The molecule has 2 heterocycles. The summed E-state index contributed by atoms with van der Waals surface area (Å²) in [6.07, 6.45) is 4.81. The summed E-state index contributed by atoms with van der Waals surface area (Å²) in [6.45, 7) is 3.80. The average Bonchev–Trinajstić information content (AvgIpc) is 3.08. The molecule has 1 N–H and O–H groups in total. The van der Waals surface area contributed by atoms with Gasteiger partial charge in [0.2, 0.25) is 0 Å². The van der Waals surface area contributed by atoms with Gasteiger partial charge in [-0.15, -0.1) is 10.2 Å². The Morgan fingerprint density at radius 1 is 1.12 bits per heavy atom. The molecule has 0 fully saturated rings. The molecule has 0 aliphatic rings. The Hall–Kier alpha value is -3.22. The van der Waals surface area contributed by atoms with Crippen LogP contribution in [0, 0.1) is 13.8 Å². The topological polar surface area (TPSA) is 81.9 Å². The maximum atomic E-state index is 12.1. The average molecular weight is 323 g/mol. The third-order valence-electron chi connectivity index (χ3n) is 3.35. The van der Waals surface area contributed by atoms with Crippen molar-refractivity contribution in [1.82, 2.24) is 19.7 Å². The Morgan fingerprint density at radius 3 is 2.62 bits per heavy atom. The lowest BCUT2D eigenvalue weighted by molar-refractivity contribution is -0.118. The molecule has 0 spiro atoms. The fourth-order valence-corrected chi connectivity index (χ4v) is 2.20. The zero-order valence-corrected chi connectivity index (χ0v) is 13.4. The standard InChI is InChI=1S/C17H17N5O2/c1-12-3-4-15(14(7-12)22-10-19-20-11-22)24-9-17(23)21-16-8-13(2)5-6-18-16/h3-8,10-11H,9H2,1-2H3,(H,18,21,23). The fraction of sp³-hybridized carbons (Fsp3) is 0.176. The Labute approximate surface area is 139 Å². The number of rotatable bonds is 5. The van der Waals surface area contributed by atoms with Gasteiger partial charge in [0.05, 0.1) is 5.69 Å². The normalized spacial score (nSPS) is 10.4. The number of benzene rings is 1.